The van der Waals surface area contributed by atoms with Crippen LogP contribution in [0.1, 0.15) is 12.8 Å². The van der Waals surface area contributed by atoms with Crippen LogP contribution < -0.4 is 10.1 Å². The van der Waals surface area contributed by atoms with Crippen LogP contribution >= 0.6 is 0 Å². The van der Waals surface area contributed by atoms with Crippen LogP contribution in [0.15, 0.2) is 30.3 Å². The molecule has 0 atom stereocenters. The molecule has 0 unspecified atom stereocenters. The molecule has 2 N–H and O–H groups in total. The van der Waals surface area contributed by atoms with E-state index < -0.39 is 17.6 Å². The van der Waals surface area contributed by atoms with Crippen molar-refractivity contribution in [2.75, 3.05) is 13.2 Å². The summed E-state index contributed by atoms with van der Waals surface area (Å²) in [6.45, 7) is 0.607. The molecule has 1 aliphatic heterocycles. The van der Waals surface area contributed by atoms with Crippen molar-refractivity contribution in [3.8, 4) is 5.75 Å². The summed E-state index contributed by atoms with van der Waals surface area (Å²) < 4.78 is 10.2. The second-order valence-corrected chi connectivity index (χ2v) is 4.33. The van der Waals surface area contributed by atoms with Gasteiger partial charge < -0.3 is 19.9 Å². The molecule has 1 aromatic rings. The molecule has 0 saturated carbocycles. The van der Waals surface area contributed by atoms with Gasteiger partial charge in [-0.3, -0.25) is 0 Å². The molecule has 2 rings (SSSR count). The average molecular weight is 265 g/mol. The van der Waals surface area contributed by atoms with Gasteiger partial charge in [-0.25, -0.2) is 9.59 Å². The number of carboxylic acids is 1. The van der Waals surface area contributed by atoms with Crippen LogP contribution in [0, 0.1) is 0 Å². The van der Waals surface area contributed by atoms with Gasteiger partial charge in [0.05, 0.1) is 0 Å². The molecule has 0 radical (unpaired) electrons. The molecule has 6 nitrogen and oxygen atoms in total. The highest BCUT2D eigenvalue weighted by Gasteiger charge is 2.42. The number of para-hydroxylation sites is 1. The Morgan fingerprint density at radius 2 is 1.84 bits per heavy atom. The predicted molar refractivity (Wildman–Crippen MR) is 66.0 cm³/mol. The second-order valence-electron chi connectivity index (χ2n) is 4.33. The van der Waals surface area contributed by atoms with E-state index in [0.717, 1.165) is 0 Å². The van der Waals surface area contributed by atoms with E-state index in [1.165, 1.54) is 0 Å². The third kappa shape index (κ3) is 3.23. The minimum atomic E-state index is -1.30. The van der Waals surface area contributed by atoms with E-state index in [4.69, 9.17) is 9.47 Å². The highest BCUT2D eigenvalue weighted by atomic mass is 16.6. The number of nitrogens with one attached hydrogen (secondary N) is 1. The summed E-state index contributed by atoms with van der Waals surface area (Å²) >= 11 is 0. The van der Waals surface area contributed by atoms with Gasteiger partial charge >= 0.3 is 12.1 Å². The molecule has 0 aromatic heterocycles. The van der Waals surface area contributed by atoms with E-state index in [9.17, 15) is 14.7 Å². The van der Waals surface area contributed by atoms with E-state index in [1.54, 1.807) is 30.3 Å². The number of hydrogen-bond donors (Lipinski definition) is 2. The van der Waals surface area contributed by atoms with E-state index in [0.29, 0.717) is 19.0 Å². The largest absolute Gasteiger partial charge is 0.480 e. The SMILES string of the molecule is O=C(NC1(C(=O)O)CCOCC1)Oc1ccccc1. The molecule has 1 aromatic carbocycles. The number of carbonyl (C=O) groups is 2. The van der Waals surface area contributed by atoms with Gasteiger partial charge in [-0.2, -0.15) is 0 Å². The molecule has 1 amide bonds. The fourth-order valence-electron chi connectivity index (χ4n) is 1.93. The lowest BCUT2D eigenvalue weighted by Gasteiger charge is -2.33. The monoisotopic (exact) mass is 265 g/mol. The summed E-state index contributed by atoms with van der Waals surface area (Å²) in [5.74, 6) is -0.701. The second kappa shape index (κ2) is 5.71. The maximum absolute atomic E-state index is 11.8. The molecule has 0 aliphatic carbocycles. The number of rotatable bonds is 3. The summed E-state index contributed by atoms with van der Waals surface area (Å²) in [7, 11) is 0. The zero-order chi connectivity index (χ0) is 13.7. The van der Waals surface area contributed by atoms with Crippen molar-refractivity contribution in [2.45, 2.75) is 18.4 Å². The van der Waals surface area contributed by atoms with Gasteiger partial charge in [0, 0.05) is 26.1 Å². The summed E-state index contributed by atoms with van der Waals surface area (Å²) in [6.07, 6.45) is -0.311. The van der Waals surface area contributed by atoms with Crippen LogP contribution in [0.3, 0.4) is 0 Å². The number of amides is 1. The van der Waals surface area contributed by atoms with Crippen LogP contribution in [0.4, 0.5) is 4.79 Å². The molecule has 1 fully saturated rings. The Labute approximate surface area is 110 Å². The van der Waals surface area contributed by atoms with Crippen LogP contribution in [0.25, 0.3) is 0 Å². The number of carbonyl (C=O) groups excluding carboxylic acids is 1. The number of aliphatic carboxylic acids is 1. The van der Waals surface area contributed by atoms with Crippen LogP contribution in [0.5, 0.6) is 5.75 Å². The maximum atomic E-state index is 11.8. The molecule has 102 valence electrons. The lowest BCUT2D eigenvalue weighted by atomic mass is 9.90. The van der Waals surface area contributed by atoms with E-state index in [1.807, 2.05) is 0 Å². The van der Waals surface area contributed by atoms with Gasteiger partial charge in [-0.05, 0) is 12.1 Å². The van der Waals surface area contributed by atoms with Crippen molar-refractivity contribution in [3.63, 3.8) is 0 Å². The smallest absolute Gasteiger partial charge is 0.413 e. The summed E-state index contributed by atoms with van der Waals surface area (Å²) in [5.41, 5.74) is -1.30. The average Bonchev–Trinajstić information content (AvgIpc) is 2.40. The first-order valence-corrected chi connectivity index (χ1v) is 5.99. The Hall–Kier alpha value is -2.08. The number of ether oxygens (including phenoxy) is 2. The van der Waals surface area contributed by atoms with Crippen molar-refractivity contribution >= 4 is 12.1 Å². The van der Waals surface area contributed by atoms with E-state index in [-0.39, 0.29) is 12.8 Å². The zero-order valence-corrected chi connectivity index (χ0v) is 10.3. The summed E-state index contributed by atoms with van der Waals surface area (Å²) in [4.78, 5) is 23.1. The van der Waals surface area contributed by atoms with E-state index >= 15 is 0 Å². The molecule has 0 bridgehead atoms. The first kappa shape index (κ1) is 13.4. The first-order chi connectivity index (χ1) is 9.12. The van der Waals surface area contributed by atoms with Crippen molar-refractivity contribution in [1.82, 2.24) is 5.32 Å². The van der Waals surface area contributed by atoms with Gasteiger partial charge in [-0.1, -0.05) is 18.2 Å². The highest BCUT2D eigenvalue weighted by Crippen LogP contribution is 2.21. The number of hydrogen-bond acceptors (Lipinski definition) is 4. The molecular formula is C13H15NO5. The molecule has 1 heterocycles. The molecular weight excluding hydrogens is 250 g/mol. The standard InChI is InChI=1S/C13H15NO5/c15-11(16)13(6-8-18-9-7-13)14-12(17)19-10-4-2-1-3-5-10/h1-5H,6-9H2,(H,14,17)(H,15,16). The third-order valence-electron chi connectivity index (χ3n) is 3.05. The Balaban J connectivity index is 2.01. The topological polar surface area (TPSA) is 84.9 Å². The lowest BCUT2D eigenvalue weighted by Crippen LogP contribution is -2.58. The van der Waals surface area contributed by atoms with Crippen LogP contribution in [0.2, 0.25) is 0 Å². The predicted octanol–water partition coefficient (Wildman–Crippen LogP) is 1.41. The van der Waals surface area contributed by atoms with Gasteiger partial charge in [0.15, 0.2) is 0 Å². The maximum Gasteiger partial charge on any atom is 0.413 e. The molecule has 6 heteroatoms. The quantitative estimate of drug-likeness (QED) is 0.863. The molecule has 0 spiro atoms. The fourth-order valence-corrected chi connectivity index (χ4v) is 1.93. The Morgan fingerprint density at radius 3 is 2.42 bits per heavy atom. The fraction of sp³-hybridized carbons (Fsp3) is 0.385. The van der Waals surface area contributed by atoms with Gasteiger partial charge in [-0.15, -0.1) is 0 Å². The Bertz CT molecular complexity index is 453. The molecule has 1 saturated heterocycles. The highest BCUT2D eigenvalue weighted by molar-refractivity contribution is 5.85. The number of carboxylic acid groups (broad SMARTS) is 1. The normalized spacial score (nSPS) is 17.5. The first-order valence-electron chi connectivity index (χ1n) is 5.99. The van der Waals surface area contributed by atoms with Crippen molar-refractivity contribution in [1.29, 1.82) is 0 Å². The van der Waals surface area contributed by atoms with Gasteiger partial charge in [0.1, 0.15) is 11.3 Å². The van der Waals surface area contributed by atoms with Crippen LogP contribution in [-0.2, 0) is 9.53 Å². The Morgan fingerprint density at radius 1 is 1.21 bits per heavy atom. The van der Waals surface area contributed by atoms with Crippen molar-refractivity contribution in [2.24, 2.45) is 0 Å². The van der Waals surface area contributed by atoms with Crippen LogP contribution in [-0.4, -0.2) is 35.9 Å². The third-order valence-corrected chi connectivity index (χ3v) is 3.05. The van der Waals surface area contributed by atoms with Crippen molar-refractivity contribution in [3.05, 3.63) is 30.3 Å². The van der Waals surface area contributed by atoms with Gasteiger partial charge in [0.25, 0.3) is 0 Å². The van der Waals surface area contributed by atoms with Crippen molar-refractivity contribution < 1.29 is 24.2 Å². The molecule has 19 heavy (non-hydrogen) atoms. The van der Waals surface area contributed by atoms with E-state index in [2.05, 4.69) is 5.32 Å². The minimum absolute atomic E-state index is 0.228. The zero-order valence-electron chi connectivity index (χ0n) is 10.3. The molecule has 1 aliphatic rings. The summed E-state index contributed by atoms with van der Waals surface area (Å²) in [5, 5.41) is 11.7. The lowest BCUT2D eigenvalue weighted by molar-refractivity contribution is -0.148. The van der Waals surface area contributed by atoms with Gasteiger partial charge in [0.2, 0.25) is 0 Å². The number of benzene rings is 1. The minimum Gasteiger partial charge on any atom is -0.480 e. The Kier molecular flexibility index (Phi) is 4.01. The summed E-state index contributed by atoms with van der Waals surface area (Å²) in [6, 6.07) is 8.49.